The van der Waals surface area contributed by atoms with Crippen LogP contribution in [0, 0.1) is 28.9 Å². The third-order valence-electron chi connectivity index (χ3n) is 4.86. The maximum atomic E-state index is 14.4. The van der Waals surface area contributed by atoms with Gasteiger partial charge in [0, 0.05) is 32.7 Å². The Morgan fingerprint density at radius 3 is 2.50 bits per heavy atom. The Morgan fingerprint density at radius 2 is 1.89 bits per heavy atom. The minimum absolute atomic E-state index is 0.101. The van der Waals surface area contributed by atoms with Gasteiger partial charge in [0.25, 0.3) is 0 Å². The number of nitrogens with zero attached hydrogens (tertiary/aromatic N) is 4. The van der Waals surface area contributed by atoms with Crippen molar-refractivity contribution in [3.8, 4) is 6.07 Å². The molecule has 4 nitrogen and oxygen atoms in total. The van der Waals surface area contributed by atoms with Crippen LogP contribution in [0.5, 0.6) is 0 Å². The van der Waals surface area contributed by atoms with E-state index in [1.54, 1.807) is 0 Å². The Kier molecular flexibility index (Phi) is 6.48. The lowest BCUT2D eigenvalue weighted by Crippen LogP contribution is -2.46. The number of pyridine rings is 1. The van der Waals surface area contributed by atoms with Gasteiger partial charge in [-0.25, -0.2) is 8.78 Å². The van der Waals surface area contributed by atoms with Gasteiger partial charge in [-0.15, -0.1) is 0 Å². The molecule has 1 fully saturated rings. The molecule has 0 unspecified atom stereocenters. The van der Waals surface area contributed by atoms with Gasteiger partial charge in [-0.05, 0) is 36.1 Å². The number of hydrogen-bond donors (Lipinski definition) is 0. The number of hydrogen-bond acceptors (Lipinski definition) is 4. The quantitative estimate of drug-likeness (QED) is 0.740. The van der Waals surface area contributed by atoms with Gasteiger partial charge in [0.15, 0.2) is 0 Å². The summed E-state index contributed by atoms with van der Waals surface area (Å²) in [6.45, 7) is 7.47. The summed E-state index contributed by atoms with van der Waals surface area (Å²) in [7, 11) is 0. The molecule has 0 spiro atoms. The first-order valence-corrected chi connectivity index (χ1v) is 9.75. The molecule has 0 atom stereocenters. The summed E-state index contributed by atoms with van der Waals surface area (Å²) < 4.78 is 27.6. The highest BCUT2D eigenvalue weighted by Crippen LogP contribution is 2.27. The number of benzene rings is 1. The topological polar surface area (TPSA) is 43.2 Å². The van der Waals surface area contributed by atoms with Gasteiger partial charge in [0.05, 0.1) is 22.6 Å². The molecule has 28 heavy (non-hydrogen) atoms. The minimum Gasteiger partial charge on any atom is -0.368 e. The molecule has 0 N–H and O–H groups in total. The fraction of sp³-hybridized carbons (Fsp3) is 0.429. The molecule has 0 aliphatic carbocycles. The maximum Gasteiger partial charge on any atom is 0.143 e. The number of rotatable bonds is 5. The van der Waals surface area contributed by atoms with E-state index in [0.29, 0.717) is 42.0 Å². The number of piperazine rings is 1. The Morgan fingerprint density at radius 1 is 1.18 bits per heavy atom. The summed E-state index contributed by atoms with van der Waals surface area (Å²) in [4.78, 5) is 8.30. The zero-order valence-electron chi connectivity index (χ0n) is 16.1. The molecular weight excluding hydrogens is 382 g/mol. The van der Waals surface area contributed by atoms with Gasteiger partial charge in [-0.2, -0.15) is 5.26 Å². The largest absolute Gasteiger partial charge is 0.368 e. The molecule has 2 heterocycles. The van der Waals surface area contributed by atoms with Gasteiger partial charge in [-0.1, -0.05) is 25.4 Å². The predicted molar refractivity (Wildman–Crippen MR) is 106 cm³/mol. The molecule has 1 aromatic carbocycles. The van der Waals surface area contributed by atoms with E-state index in [9.17, 15) is 14.0 Å². The Balaban J connectivity index is 1.72. The molecule has 1 aliphatic heterocycles. The van der Waals surface area contributed by atoms with E-state index in [-0.39, 0.29) is 5.56 Å². The van der Waals surface area contributed by atoms with Gasteiger partial charge in [0.2, 0.25) is 0 Å². The van der Waals surface area contributed by atoms with Gasteiger partial charge < -0.3 is 4.90 Å². The standard InChI is InChI=1S/C21H23ClF2N4/c1-14(2)7-15-8-19(24)17(11-25)21(9-15)28-5-3-27(4-6-28)13-20-18(22)10-16(23)12-26-20/h8-10,12,14H,3-7,13H2,1-2H3. The molecule has 148 valence electrons. The van der Waals surface area contributed by atoms with E-state index in [4.69, 9.17) is 11.6 Å². The van der Waals surface area contributed by atoms with Crippen molar-refractivity contribution in [1.82, 2.24) is 9.88 Å². The normalized spacial score (nSPS) is 15.1. The third-order valence-corrected chi connectivity index (χ3v) is 5.18. The first kappa shape index (κ1) is 20.5. The highest BCUT2D eigenvalue weighted by Gasteiger charge is 2.23. The molecule has 7 heteroatoms. The van der Waals surface area contributed by atoms with E-state index in [1.807, 2.05) is 12.1 Å². The van der Waals surface area contributed by atoms with Crippen LogP contribution < -0.4 is 4.90 Å². The highest BCUT2D eigenvalue weighted by molar-refractivity contribution is 6.31. The fourth-order valence-electron chi connectivity index (χ4n) is 3.51. The first-order valence-electron chi connectivity index (χ1n) is 9.37. The minimum atomic E-state index is -0.458. The monoisotopic (exact) mass is 404 g/mol. The van der Waals surface area contributed by atoms with E-state index in [1.165, 1.54) is 18.3 Å². The van der Waals surface area contributed by atoms with Crippen LogP contribution >= 0.6 is 11.6 Å². The molecule has 1 aromatic heterocycles. The van der Waals surface area contributed by atoms with E-state index in [0.717, 1.165) is 25.1 Å². The Bertz CT molecular complexity index is 887. The summed E-state index contributed by atoms with van der Waals surface area (Å²) in [6.07, 6.45) is 1.93. The smallest absolute Gasteiger partial charge is 0.143 e. The first-order chi connectivity index (χ1) is 13.4. The van der Waals surface area contributed by atoms with E-state index >= 15 is 0 Å². The molecule has 2 aromatic rings. The van der Waals surface area contributed by atoms with Crippen LogP contribution in [-0.4, -0.2) is 36.1 Å². The van der Waals surface area contributed by atoms with Crippen molar-refractivity contribution in [2.75, 3.05) is 31.1 Å². The van der Waals surface area contributed by atoms with Crippen molar-refractivity contribution < 1.29 is 8.78 Å². The molecule has 0 bridgehead atoms. The second-order valence-corrected chi connectivity index (χ2v) is 7.93. The highest BCUT2D eigenvalue weighted by atomic mass is 35.5. The van der Waals surface area contributed by atoms with Crippen molar-refractivity contribution in [3.63, 3.8) is 0 Å². The van der Waals surface area contributed by atoms with Crippen LogP contribution in [0.4, 0.5) is 14.5 Å². The van der Waals surface area contributed by atoms with Crippen molar-refractivity contribution in [1.29, 1.82) is 5.26 Å². The van der Waals surface area contributed by atoms with E-state index < -0.39 is 11.6 Å². The fourth-order valence-corrected chi connectivity index (χ4v) is 3.73. The molecular formula is C21H23ClF2N4. The number of nitriles is 1. The zero-order valence-corrected chi connectivity index (χ0v) is 16.8. The van der Waals surface area contributed by atoms with Gasteiger partial charge in [-0.3, -0.25) is 9.88 Å². The summed E-state index contributed by atoms with van der Waals surface area (Å²) in [5, 5.41) is 9.74. The predicted octanol–water partition coefficient (Wildman–Crippen LogP) is 4.41. The van der Waals surface area contributed by atoms with Crippen LogP contribution in [0.1, 0.15) is 30.7 Å². The van der Waals surface area contributed by atoms with Crippen LogP contribution in [0.25, 0.3) is 0 Å². The summed E-state index contributed by atoms with van der Waals surface area (Å²) >= 11 is 6.07. The summed E-state index contributed by atoms with van der Waals surface area (Å²) in [5.41, 5.74) is 2.31. The average molecular weight is 405 g/mol. The van der Waals surface area contributed by atoms with Gasteiger partial charge >= 0.3 is 0 Å². The van der Waals surface area contributed by atoms with Crippen LogP contribution in [-0.2, 0) is 13.0 Å². The second kappa shape index (κ2) is 8.85. The average Bonchev–Trinajstić information content (AvgIpc) is 2.64. The molecule has 0 saturated carbocycles. The molecule has 3 rings (SSSR count). The molecule has 0 radical (unpaired) electrons. The van der Waals surface area contributed by atoms with Crippen LogP contribution in [0.2, 0.25) is 5.02 Å². The number of anilines is 1. The lowest BCUT2D eigenvalue weighted by Gasteiger charge is -2.36. The zero-order chi connectivity index (χ0) is 20.3. The number of halogens is 3. The molecule has 1 saturated heterocycles. The van der Waals surface area contributed by atoms with E-state index in [2.05, 4.69) is 28.6 Å². The lowest BCUT2D eigenvalue weighted by molar-refractivity contribution is 0.247. The van der Waals surface area contributed by atoms with Crippen LogP contribution in [0.15, 0.2) is 24.4 Å². The van der Waals surface area contributed by atoms with Crippen molar-refractivity contribution in [2.24, 2.45) is 5.92 Å². The Labute approximate surface area is 169 Å². The summed E-state index contributed by atoms with van der Waals surface area (Å²) in [5.74, 6) is -0.503. The summed E-state index contributed by atoms with van der Waals surface area (Å²) in [6, 6.07) is 6.69. The van der Waals surface area contributed by atoms with Crippen LogP contribution in [0.3, 0.4) is 0 Å². The SMILES string of the molecule is CC(C)Cc1cc(F)c(C#N)c(N2CCN(Cc3ncc(F)cc3Cl)CC2)c1. The number of aromatic nitrogens is 1. The second-order valence-electron chi connectivity index (χ2n) is 7.53. The van der Waals surface area contributed by atoms with Crippen molar-refractivity contribution in [3.05, 3.63) is 57.9 Å². The lowest BCUT2D eigenvalue weighted by atomic mass is 9.99. The van der Waals surface area contributed by atoms with Gasteiger partial charge in [0.1, 0.15) is 23.3 Å². The Hall–Kier alpha value is -2.23. The third kappa shape index (κ3) is 4.78. The molecule has 0 amide bonds. The van der Waals surface area contributed by atoms with Crippen molar-refractivity contribution in [2.45, 2.75) is 26.8 Å². The maximum absolute atomic E-state index is 14.4. The van der Waals surface area contributed by atoms with Crippen molar-refractivity contribution >= 4 is 17.3 Å². The molecule has 1 aliphatic rings.